The van der Waals surface area contributed by atoms with E-state index in [9.17, 15) is 5.11 Å². The standard InChI is InChI=1S/C12H21ClN2OS/c1-4-15(8-12(2,3)16)9(7-14)10-5-6-11(13)17-10/h5-6,9,16H,4,7-8,14H2,1-3H3. The Labute approximate surface area is 112 Å². The second kappa shape index (κ2) is 6.16. The van der Waals surface area contributed by atoms with E-state index in [1.165, 1.54) is 0 Å². The van der Waals surface area contributed by atoms with Crippen LogP contribution in [0.25, 0.3) is 0 Å². The number of hydrogen-bond donors (Lipinski definition) is 2. The summed E-state index contributed by atoms with van der Waals surface area (Å²) >= 11 is 7.50. The average molecular weight is 277 g/mol. The van der Waals surface area contributed by atoms with Crippen LogP contribution in [-0.4, -0.2) is 35.2 Å². The van der Waals surface area contributed by atoms with Crippen LogP contribution < -0.4 is 5.73 Å². The van der Waals surface area contributed by atoms with E-state index in [-0.39, 0.29) is 6.04 Å². The first-order valence-corrected chi connectivity index (χ1v) is 6.98. The highest BCUT2D eigenvalue weighted by Gasteiger charge is 2.25. The first-order chi connectivity index (χ1) is 7.87. The lowest BCUT2D eigenvalue weighted by atomic mass is 10.1. The van der Waals surface area contributed by atoms with Gasteiger partial charge < -0.3 is 10.8 Å². The number of hydrogen-bond acceptors (Lipinski definition) is 4. The highest BCUT2D eigenvalue weighted by Crippen LogP contribution is 2.30. The lowest BCUT2D eigenvalue weighted by Gasteiger charge is -2.33. The SMILES string of the molecule is CCN(CC(C)(C)O)C(CN)c1ccc(Cl)s1. The van der Waals surface area contributed by atoms with Crippen LogP contribution in [0.15, 0.2) is 12.1 Å². The van der Waals surface area contributed by atoms with Gasteiger partial charge in [0.2, 0.25) is 0 Å². The molecule has 0 amide bonds. The molecule has 1 aromatic heterocycles. The van der Waals surface area contributed by atoms with Gasteiger partial charge in [0.15, 0.2) is 0 Å². The summed E-state index contributed by atoms with van der Waals surface area (Å²) in [5.41, 5.74) is 5.13. The Balaban J connectivity index is 2.83. The van der Waals surface area contributed by atoms with Crippen LogP contribution in [0.2, 0.25) is 4.34 Å². The lowest BCUT2D eigenvalue weighted by Crippen LogP contribution is -2.42. The number of nitrogens with zero attached hydrogens (tertiary/aromatic N) is 1. The zero-order valence-electron chi connectivity index (χ0n) is 10.6. The van der Waals surface area contributed by atoms with E-state index in [1.807, 2.05) is 26.0 Å². The normalized spacial score (nSPS) is 14.3. The molecule has 0 aliphatic rings. The fourth-order valence-corrected chi connectivity index (χ4v) is 3.10. The van der Waals surface area contributed by atoms with Gasteiger partial charge >= 0.3 is 0 Å². The number of halogens is 1. The van der Waals surface area contributed by atoms with E-state index in [1.54, 1.807) is 11.3 Å². The largest absolute Gasteiger partial charge is 0.389 e. The molecule has 0 saturated heterocycles. The van der Waals surface area contributed by atoms with Crippen molar-refractivity contribution in [1.82, 2.24) is 4.90 Å². The van der Waals surface area contributed by atoms with E-state index >= 15 is 0 Å². The predicted octanol–water partition coefficient (Wildman–Crippen LogP) is 2.49. The molecule has 98 valence electrons. The van der Waals surface area contributed by atoms with Crippen molar-refractivity contribution in [2.24, 2.45) is 5.73 Å². The van der Waals surface area contributed by atoms with E-state index in [0.717, 1.165) is 15.8 Å². The molecule has 5 heteroatoms. The number of likely N-dealkylation sites (N-methyl/N-ethyl adjacent to an activating group) is 1. The first kappa shape index (κ1) is 14.9. The molecule has 0 aromatic carbocycles. The molecule has 0 aliphatic carbocycles. The predicted molar refractivity (Wildman–Crippen MR) is 74.7 cm³/mol. The second-order valence-electron chi connectivity index (χ2n) is 4.77. The summed E-state index contributed by atoms with van der Waals surface area (Å²) in [6, 6.07) is 4.03. The van der Waals surface area contributed by atoms with Gasteiger partial charge in [0.25, 0.3) is 0 Å². The zero-order valence-corrected chi connectivity index (χ0v) is 12.2. The third kappa shape index (κ3) is 4.56. The molecular formula is C12H21ClN2OS. The van der Waals surface area contributed by atoms with Gasteiger partial charge in [-0.25, -0.2) is 0 Å². The topological polar surface area (TPSA) is 49.5 Å². The fourth-order valence-electron chi connectivity index (χ4n) is 1.89. The maximum atomic E-state index is 9.91. The Kier molecular flexibility index (Phi) is 5.41. The summed E-state index contributed by atoms with van der Waals surface area (Å²) in [6.07, 6.45) is 0. The Morgan fingerprint density at radius 1 is 1.53 bits per heavy atom. The summed E-state index contributed by atoms with van der Waals surface area (Å²) in [5.74, 6) is 0. The van der Waals surface area contributed by atoms with Crippen molar-refractivity contribution in [2.75, 3.05) is 19.6 Å². The highest BCUT2D eigenvalue weighted by atomic mass is 35.5. The van der Waals surface area contributed by atoms with Crippen LogP contribution in [0.1, 0.15) is 31.7 Å². The van der Waals surface area contributed by atoms with E-state index in [2.05, 4.69) is 11.8 Å². The van der Waals surface area contributed by atoms with Crippen LogP contribution in [-0.2, 0) is 0 Å². The minimum Gasteiger partial charge on any atom is -0.389 e. The molecule has 0 bridgehead atoms. The molecule has 0 saturated carbocycles. The van der Waals surface area contributed by atoms with Gasteiger partial charge in [0, 0.05) is 18.0 Å². The molecule has 1 heterocycles. The van der Waals surface area contributed by atoms with Gasteiger partial charge in [-0.2, -0.15) is 0 Å². The Hall–Kier alpha value is -0.130. The number of nitrogens with two attached hydrogens (primary N) is 1. The monoisotopic (exact) mass is 276 g/mol. The molecule has 0 spiro atoms. The average Bonchev–Trinajstić information content (AvgIpc) is 2.62. The van der Waals surface area contributed by atoms with Crippen LogP contribution in [0.4, 0.5) is 0 Å². The summed E-state index contributed by atoms with van der Waals surface area (Å²) < 4.78 is 0.776. The molecule has 3 N–H and O–H groups in total. The molecule has 0 radical (unpaired) electrons. The Morgan fingerprint density at radius 3 is 2.53 bits per heavy atom. The highest BCUT2D eigenvalue weighted by molar-refractivity contribution is 7.16. The minimum absolute atomic E-state index is 0.129. The van der Waals surface area contributed by atoms with E-state index in [0.29, 0.717) is 13.1 Å². The molecule has 1 unspecified atom stereocenters. The number of thiophene rings is 1. The molecular weight excluding hydrogens is 256 g/mol. The summed E-state index contributed by atoms with van der Waals surface area (Å²) in [5, 5.41) is 9.91. The first-order valence-electron chi connectivity index (χ1n) is 5.79. The molecule has 17 heavy (non-hydrogen) atoms. The van der Waals surface area contributed by atoms with Crippen molar-refractivity contribution in [2.45, 2.75) is 32.4 Å². The van der Waals surface area contributed by atoms with Crippen molar-refractivity contribution in [3.8, 4) is 0 Å². The van der Waals surface area contributed by atoms with Crippen molar-refractivity contribution < 1.29 is 5.11 Å². The van der Waals surface area contributed by atoms with Crippen molar-refractivity contribution in [3.63, 3.8) is 0 Å². The van der Waals surface area contributed by atoms with Gasteiger partial charge in [-0.1, -0.05) is 18.5 Å². The molecule has 3 nitrogen and oxygen atoms in total. The lowest BCUT2D eigenvalue weighted by molar-refractivity contribution is 0.0240. The summed E-state index contributed by atoms with van der Waals surface area (Å²) in [4.78, 5) is 3.34. The number of aliphatic hydroxyl groups is 1. The van der Waals surface area contributed by atoms with E-state index < -0.39 is 5.60 Å². The minimum atomic E-state index is -0.718. The molecule has 1 aromatic rings. The number of rotatable bonds is 6. The summed E-state index contributed by atoms with van der Waals surface area (Å²) in [7, 11) is 0. The molecule has 1 atom stereocenters. The van der Waals surface area contributed by atoms with Crippen LogP contribution in [0.5, 0.6) is 0 Å². The van der Waals surface area contributed by atoms with Crippen molar-refractivity contribution in [3.05, 3.63) is 21.3 Å². The van der Waals surface area contributed by atoms with Crippen molar-refractivity contribution in [1.29, 1.82) is 0 Å². The summed E-state index contributed by atoms with van der Waals surface area (Å²) in [6.45, 7) is 7.67. The van der Waals surface area contributed by atoms with Gasteiger partial charge in [0.1, 0.15) is 0 Å². The maximum Gasteiger partial charge on any atom is 0.0931 e. The third-order valence-corrected chi connectivity index (χ3v) is 3.92. The molecule has 0 fully saturated rings. The van der Waals surface area contributed by atoms with Gasteiger partial charge in [-0.15, -0.1) is 11.3 Å². The van der Waals surface area contributed by atoms with Crippen LogP contribution in [0, 0.1) is 0 Å². The fraction of sp³-hybridized carbons (Fsp3) is 0.667. The van der Waals surface area contributed by atoms with Gasteiger partial charge in [0.05, 0.1) is 16.0 Å². The zero-order chi connectivity index (χ0) is 13.1. The van der Waals surface area contributed by atoms with Gasteiger partial charge in [-0.3, -0.25) is 4.90 Å². The van der Waals surface area contributed by atoms with Crippen molar-refractivity contribution >= 4 is 22.9 Å². The maximum absolute atomic E-state index is 9.91. The smallest absolute Gasteiger partial charge is 0.0931 e. The Bertz CT molecular complexity index is 349. The quantitative estimate of drug-likeness (QED) is 0.839. The van der Waals surface area contributed by atoms with E-state index in [4.69, 9.17) is 17.3 Å². The molecule has 1 rings (SSSR count). The van der Waals surface area contributed by atoms with Gasteiger partial charge in [-0.05, 0) is 32.5 Å². The molecule has 0 aliphatic heterocycles. The second-order valence-corrected chi connectivity index (χ2v) is 6.52. The Morgan fingerprint density at radius 2 is 2.18 bits per heavy atom. The van der Waals surface area contributed by atoms with Crippen LogP contribution in [0.3, 0.4) is 0 Å². The van der Waals surface area contributed by atoms with Crippen LogP contribution >= 0.6 is 22.9 Å². The third-order valence-electron chi connectivity index (χ3n) is 2.58.